The van der Waals surface area contributed by atoms with E-state index >= 15 is 0 Å². The van der Waals surface area contributed by atoms with Gasteiger partial charge in [0.15, 0.2) is 5.82 Å². The van der Waals surface area contributed by atoms with Gasteiger partial charge in [-0.15, -0.1) is 5.10 Å². The second-order valence-electron chi connectivity index (χ2n) is 4.63. The van der Waals surface area contributed by atoms with Crippen LogP contribution in [0.5, 0.6) is 0 Å². The summed E-state index contributed by atoms with van der Waals surface area (Å²) in [6.45, 7) is 1.49. The van der Waals surface area contributed by atoms with Crippen molar-refractivity contribution in [2.45, 2.75) is 6.04 Å². The summed E-state index contributed by atoms with van der Waals surface area (Å²) in [7, 11) is 0. The maximum absolute atomic E-state index is 13.6. The van der Waals surface area contributed by atoms with Crippen LogP contribution in [-0.2, 0) is 0 Å². The summed E-state index contributed by atoms with van der Waals surface area (Å²) >= 11 is 0. The third-order valence-electron chi connectivity index (χ3n) is 3.21. The lowest BCUT2D eigenvalue weighted by Crippen LogP contribution is -2.44. The largest absolute Gasteiger partial charge is 0.396 e. The predicted molar refractivity (Wildman–Crippen MR) is 70.7 cm³/mol. The van der Waals surface area contributed by atoms with Crippen LogP contribution in [0.25, 0.3) is 0 Å². The lowest BCUT2D eigenvalue weighted by molar-refractivity contribution is 0.102. The number of benzene rings is 1. The third-order valence-corrected chi connectivity index (χ3v) is 3.21. The molecule has 2 heterocycles. The molecular weight excluding hydrogens is 282 g/mol. The molecule has 1 amide bonds. The Kier molecular flexibility index (Phi) is 3.26. The molecule has 0 bridgehead atoms. The summed E-state index contributed by atoms with van der Waals surface area (Å²) in [5, 5.41) is 13.5. The van der Waals surface area contributed by atoms with Gasteiger partial charge in [0.25, 0.3) is 5.91 Å². The van der Waals surface area contributed by atoms with E-state index in [0.717, 1.165) is 25.2 Å². The van der Waals surface area contributed by atoms with Gasteiger partial charge in [-0.3, -0.25) is 4.79 Å². The molecule has 1 aromatic carbocycles. The first-order valence-corrected chi connectivity index (χ1v) is 6.23. The summed E-state index contributed by atoms with van der Waals surface area (Å²) < 4.78 is 26.9. The maximum Gasteiger partial charge on any atom is 0.262 e. The monoisotopic (exact) mass is 294 g/mol. The highest BCUT2D eigenvalue weighted by atomic mass is 19.1. The average Bonchev–Trinajstić information content (AvgIpc) is 2.80. The minimum absolute atomic E-state index is 0.131. The molecule has 1 fully saturated rings. The van der Waals surface area contributed by atoms with Crippen molar-refractivity contribution in [1.29, 1.82) is 0 Å². The first-order chi connectivity index (χ1) is 10.1. The topological polar surface area (TPSA) is 97.9 Å². The van der Waals surface area contributed by atoms with Gasteiger partial charge in [0.2, 0.25) is 0 Å². The highest BCUT2D eigenvalue weighted by Gasteiger charge is 2.23. The van der Waals surface area contributed by atoms with Gasteiger partial charge in [0.05, 0.1) is 17.9 Å². The number of aromatic nitrogens is 3. The highest BCUT2D eigenvalue weighted by molar-refractivity contribution is 6.07. The number of carbonyl (C=O) groups is 1. The number of amides is 1. The molecule has 3 rings (SSSR count). The Labute approximate surface area is 118 Å². The Morgan fingerprint density at radius 2 is 2.10 bits per heavy atom. The molecule has 1 aliphatic rings. The van der Waals surface area contributed by atoms with E-state index in [-0.39, 0.29) is 11.9 Å². The summed E-state index contributed by atoms with van der Waals surface area (Å²) in [4.78, 5) is 13.4. The zero-order valence-corrected chi connectivity index (χ0v) is 10.8. The SMILES string of the molecule is Nc1c(F)ccc(F)c1C(=O)Nc1cnn(C2CNC2)n1. The number of nitrogens with two attached hydrogens (primary N) is 1. The van der Waals surface area contributed by atoms with Gasteiger partial charge in [0.1, 0.15) is 17.2 Å². The fraction of sp³-hybridized carbons (Fsp3) is 0.250. The molecule has 0 aliphatic carbocycles. The van der Waals surface area contributed by atoms with Crippen LogP contribution in [-0.4, -0.2) is 34.0 Å². The minimum Gasteiger partial charge on any atom is -0.396 e. The van der Waals surface area contributed by atoms with Gasteiger partial charge < -0.3 is 16.4 Å². The summed E-state index contributed by atoms with van der Waals surface area (Å²) in [6, 6.07) is 1.84. The zero-order chi connectivity index (χ0) is 15.0. The fourth-order valence-electron chi connectivity index (χ4n) is 1.92. The van der Waals surface area contributed by atoms with E-state index in [9.17, 15) is 13.6 Å². The molecule has 7 nitrogen and oxygen atoms in total. The number of hydrogen-bond acceptors (Lipinski definition) is 5. The van der Waals surface area contributed by atoms with Gasteiger partial charge in [-0.25, -0.2) is 8.78 Å². The first kappa shape index (κ1) is 13.4. The molecule has 0 spiro atoms. The van der Waals surface area contributed by atoms with E-state index in [1.54, 1.807) is 0 Å². The van der Waals surface area contributed by atoms with Crippen molar-refractivity contribution in [2.24, 2.45) is 0 Å². The van der Waals surface area contributed by atoms with Crippen molar-refractivity contribution in [3.05, 3.63) is 35.5 Å². The van der Waals surface area contributed by atoms with E-state index in [1.807, 2.05) is 0 Å². The van der Waals surface area contributed by atoms with Crippen LogP contribution in [0.3, 0.4) is 0 Å². The van der Waals surface area contributed by atoms with E-state index in [2.05, 4.69) is 20.8 Å². The smallest absolute Gasteiger partial charge is 0.262 e. The molecule has 0 unspecified atom stereocenters. The van der Waals surface area contributed by atoms with Gasteiger partial charge in [-0.2, -0.15) is 9.90 Å². The number of nitrogens with one attached hydrogen (secondary N) is 2. The van der Waals surface area contributed by atoms with Crippen LogP contribution in [0.15, 0.2) is 18.3 Å². The summed E-state index contributed by atoms with van der Waals surface area (Å²) in [5.41, 5.74) is 4.31. The molecule has 110 valence electrons. The summed E-state index contributed by atoms with van der Waals surface area (Å²) in [5.74, 6) is -2.48. The molecule has 0 saturated carbocycles. The maximum atomic E-state index is 13.6. The quantitative estimate of drug-likeness (QED) is 0.718. The number of anilines is 2. The molecule has 1 aliphatic heterocycles. The van der Waals surface area contributed by atoms with Gasteiger partial charge in [0, 0.05) is 13.1 Å². The second-order valence-corrected chi connectivity index (χ2v) is 4.63. The van der Waals surface area contributed by atoms with Crippen LogP contribution >= 0.6 is 0 Å². The summed E-state index contributed by atoms with van der Waals surface area (Å²) in [6.07, 6.45) is 1.34. The highest BCUT2D eigenvalue weighted by Crippen LogP contribution is 2.21. The number of carbonyl (C=O) groups excluding carboxylic acids is 1. The minimum atomic E-state index is -0.901. The second kappa shape index (κ2) is 5.09. The van der Waals surface area contributed by atoms with E-state index < -0.39 is 28.8 Å². The van der Waals surface area contributed by atoms with Crippen LogP contribution < -0.4 is 16.4 Å². The molecule has 2 aromatic rings. The van der Waals surface area contributed by atoms with E-state index in [1.165, 1.54) is 11.0 Å². The van der Waals surface area contributed by atoms with E-state index in [4.69, 9.17) is 5.73 Å². The standard InChI is InChI=1S/C12H12F2N6O/c13-7-1-2-8(14)11(15)10(7)12(21)18-9-5-17-20(19-9)6-3-16-4-6/h1-2,5-6,16H,3-4,15H2,(H,18,19,21). The van der Waals surface area contributed by atoms with Crippen LogP contribution in [0.2, 0.25) is 0 Å². The normalized spacial score (nSPS) is 14.8. The van der Waals surface area contributed by atoms with Crippen LogP contribution in [0.1, 0.15) is 16.4 Å². The molecule has 0 atom stereocenters. The van der Waals surface area contributed by atoms with Gasteiger partial charge in [-0.1, -0.05) is 0 Å². The third kappa shape index (κ3) is 2.42. The van der Waals surface area contributed by atoms with Crippen molar-refractivity contribution in [2.75, 3.05) is 24.1 Å². The van der Waals surface area contributed by atoms with Crippen LogP contribution in [0.4, 0.5) is 20.3 Å². The number of nitrogens with zero attached hydrogens (tertiary/aromatic N) is 3. The molecule has 0 radical (unpaired) electrons. The van der Waals surface area contributed by atoms with Crippen LogP contribution in [0, 0.1) is 11.6 Å². The lowest BCUT2D eigenvalue weighted by Gasteiger charge is -2.25. The zero-order valence-electron chi connectivity index (χ0n) is 10.8. The molecule has 1 saturated heterocycles. The lowest BCUT2D eigenvalue weighted by atomic mass is 10.1. The Hall–Kier alpha value is -2.55. The molecule has 9 heteroatoms. The number of hydrogen-bond donors (Lipinski definition) is 3. The fourth-order valence-corrected chi connectivity index (χ4v) is 1.92. The van der Waals surface area contributed by atoms with E-state index in [0.29, 0.717) is 0 Å². The molecule has 4 N–H and O–H groups in total. The Morgan fingerprint density at radius 1 is 1.38 bits per heavy atom. The number of nitrogen functional groups attached to an aromatic ring is 1. The Balaban J connectivity index is 1.80. The van der Waals surface area contributed by atoms with Crippen molar-refractivity contribution < 1.29 is 13.6 Å². The Bertz CT molecular complexity index is 697. The number of halogens is 2. The van der Waals surface area contributed by atoms with Crippen molar-refractivity contribution >= 4 is 17.4 Å². The Morgan fingerprint density at radius 3 is 2.76 bits per heavy atom. The van der Waals surface area contributed by atoms with Crippen molar-refractivity contribution in [3.63, 3.8) is 0 Å². The van der Waals surface area contributed by atoms with Crippen molar-refractivity contribution in [1.82, 2.24) is 20.3 Å². The average molecular weight is 294 g/mol. The molecular formula is C12H12F2N6O. The number of rotatable bonds is 3. The predicted octanol–water partition coefficient (Wildman–Crippen LogP) is 0.535. The van der Waals surface area contributed by atoms with Gasteiger partial charge >= 0.3 is 0 Å². The molecule has 1 aromatic heterocycles. The first-order valence-electron chi connectivity index (χ1n) is 6.23. The van der Waals surface area contributed by atoms with Gasteiger partial charge in [-0.05, 0) is 12.1 Å². The van der Waals surface area contributed by atoms with Crippen molar-refractivity contribution in [3.8, 4) is 0 Å². The molecule has 21 heavy (non-hydrogen) atoms.